The number of carbonyl (C=O) groups is 2. The minimum Gasteiger partial charge on any atom is -0.354 e. The molecule has 0 saturated heterocycles. The monoisotopic (exact) mass is 631 g/mol. The molecule has 0 heterocycles. The summed E-state index contributed by atoms with van der Waals surface area (Å²) in [6, 6.07) is 29.2. The molecule has 9 heteroatoms. The summed E-state index contributed by atoms with van der Waals surface area (Å²) >= 11 is 6.44. The fraction of sp³-hybridized carbons (Fsp3) is 0.257. The number of amides is 2. The lowest BCUT2D eigenvalue weighted by atomic mass is 10.0. The highest BCUT2D eigenvalue weighted by atomic mass is 35.5. The lowest BCUT2D eigenvalue weighted by molar-refractivity contribution is -0.140. The van der Waals surface area contributed by atoms with Crippen molar-refractivity contribution in [2.75, 3.05) is 17.4 Å². The molecule has 0 radical (unpaired) electrons. The molecule has 0 aliphatic carbocycles. The number of nitrogens with zero attached hydrogens (tertiary/aromatic N) is 2. The fourth-order valence-corrected chi connectivity index (χ4v) is 6.51. The van der Waals surface area contributed by atoms with Crippen LogP contribution in [0, 0.1) is 13.8 Å². The Bertz CT molecular complexity index is 1680. The molecule has 4 aromatic carbocycles. The summed E-state index contributed by atoms with van der Waals surface area (Å²) in [6.45, 7) is 5.77. The summed E-state index contributed by atoms with van der Waals surface area (Å²) in [5.41, 5.74) is 3.74. The van der Waals surface area contributed by atoms with Crippen LogP contribution in [-0.4, -0.2) is 44.3 Å². The Morgan fingerprint density at radius 3 is 2.14 bits per heavy atom. The van der Waals surface area contributed by atoms with Crippen LogP contribution in [0.25, 0.3) is 0 Å². The van der Waals surface area contributed by atoms with Crippen molar-refractivity contribution >= 4 is 39.1 Å². The van der Waals surface area contributed by atoms with Crippen molar-refractivity contribution in [3.05, 3.63) is 130 Å². The van der Waals surface area contributed by atoms with E-state index < -0.39 is 28.5 Å². The van der Waals surface area contributed by atoms with Gasteiger partial charge in [0.15, 0.2) is 0 Å². The van der Waals surface area contributed by atoms with Gasteiger partial charge in [0, 0.05) is 24.5 Å². The van der Waals surface area contributed by atoms with Crippen LogP contribution in [0.5, 0.6) is 0 Å². The lowest BCUT2D eigenvalue weighted by Crippen LogP contribution is -2.53. The lowest BCUT2D eigenvalue weighted by Gasteiger charge is -2.34. The van der Waals surface area contributed by atoms with E-state index in [9.17, 15) is 18.0 Å². The molecule has 1 unspecified atom stereocenters. The molecule has 1 N–H and O–H groups in total. The van der Waals surface area contributed by atoms with Gasteiger partial charge in [0.05, 0.1) is 10.6 Å². The van der Waals surface area contributed by atoms with Gasteiger partial charge < -0.3 is 10.2 Å². The van der Waals surface area contributed by atoms with Crippen molar-refractivity contribution in [1.29, 1.82) is 0 Å². The van der Waals surface area contributed by atoms with E-state index in [1.165, 1.54) is 17.0 Å². The van der Waals surface area contributed by atoms with Gasteiger partial charge in [0.2, 0.25) is 11.8 Å². The van der Waals surface area contributed by atoms with E-state index in [2.05, 4.69) is 5.32 Å². The van der Waals surface area contributed by atoms with Gasteiger partial charge in [0.1, 0.15) is 12.6 Å². The molecule has 0 aromatic heterocycles. The van der Waals surface area contributed by atoms with Crippen molar-refractivity contribution in [3.63, 3.8) is 0 Å². The molecule has 0 aliphatic heterocycles. The number of hydrogen-bond donors (Lipinski definition) is 1. The number of anilines is 1. The molecule has 4 aromatic rings. The van der Waals surface area contributed by atoms with Gasteiger partial charge in [-0.3, -0.25) is 13.9 Å². The molecule has 7 nitrogen and oxygen atoms in total. The molecular formula is C35H38ClN3O4S. The molecule has 0 fully saturated rings. The zero-order chi connectivity index (χ0) is 31.7. The van der Waals surface area contributed by atoms with Crippen molar-refractivity contribution in [3.8, 4) is 0 Å². The maximum atomic E-state index is 14.5. The zero-order valence-electron chi connectivity index (χ0n) is 25.2. The first-order valence-corrected chi connectivity index (χ1v) is 16.4. The van der Waals surface area contributed by atoms with Crippen LogP contribution in [0.2, 0.25) is 5.02 Å². The molecule has 4 rings (SSSR count). The van der Waals surface area contributed by atoms with Crippen LogP contribution in [-0.2, 0) is 32.6 Å². The van der Waals surface area contributed by atoms with E-state index in [1.807, 2.05) is 75.4 Å². The highest BCUT2D eigenvalue weighted by Crippen LogP contribution is 2.29. The summed E-state index contributed by atoms with van der Waals surface area (Å²) < 4.78 is 29.2. The average molecular weight is 632 g/mol. The molecule has 0 bridgehead atoms. The largest absolute Gasteiger partial charge is 0.354 e. The van der Waals surface area contributed by atoms with Crippen LogP contribution < -0.4 is 9.62 Å². The van der Waals surface area contributed by atoms with E-state index >= 15 is 0 Å². The third kappa shape index (κ3) is 8.27. The average Bonchev–Trinajstić information content (AvgIpc) is 3.02. The molecule has 0 saturated carbocycles. The highest BCUT2D eigenvalue weighted by Gasteiger charge is 2.34. The topological polar surface area (TPSA) is 86.8 Å². The summed E-state index contributed by atoms with van der Waals surface area (Å²) in [5.74, 6) is -0.817. The third-order valence-electron chi connectivity index (χ3n) is 7.31. The summed E-state index contributed by atoms with van der Waals surface area (Å²) in [6.07, 6.45) is 0.989. The van der Waals surface area contributed by atoms with Gasteiger partial charge >= 0.3 is 0 Å². The Labute approximate surface area is 265 Å². The zero-order valence-corrected chi connectivity index (χ0v) is 26.8. The first-order valence-electron chi connectivity index (χ1n) is 14.6. The second-order valence-electron chi connectivity index (χ2n) is 10.8. The Morgan fingerprint density at radius 2 is 1.50 bits per heavy atom. The summed E-state index contributed by atoms with van der Waals surface area (Å²) in [7, 11) is -4.18. The second kappa shape index (κ2) is 15.0. The van der Waals surface area contributed by atoms with E-state index in [1.54, 1.807) is 36.4 Å². The number of sulfonamides is 1. The van der Waals surface area contributed by atoms with Crippen molar-refractivity contribution in [2.45, 2.75) is 51.1 Å². The van der Waals surface area contributed by atoms with E-state index in [0.717, 1.165) is 33.0 Å². The number of benzene rings is 4. The van der Waals surface area contributed by atoms with E-state index in [-0.39, 0.29) is 29.5 Å². The number of nitrogens with one attached hydrogen (secondary N) is 1. The van der Waals surface area contributed by atoms with Gasteiger partial charge in [-0.05, 0) is 61.2 Å². The highest BCUT2D eigenvalue weighted by molar-refractivity contribution is 7.92. The molecular weight excluding hydrogens is 594 g/mol. The second-order valence-corrected chi connectivity index (χ2v) is 13.0. The minimum absolute atomic E-state index is 0.0382. The molecule has 2 amide bonds. The van der Waals surface area contributed by atoms with Gasteiger partial charge in [0.25, 0.3) is 10.0 Å². The predicted octanol–water partition coefficient (Wildman–Crippen LogP) is 6.32. The molecule has 1 atom stereocenters. The van der Waals surface area contributed by atoms with Crippen LogP contribution >= 0.6 is 11.6 Å². The SMILES string of the molecule is CCCNC(=O)C(Cc1ccccc1)N(Cc1cccc(C)c1)C(=O)CN(c1ccc(C)c(Cl)c1)S(=O)(=O)c1ccccc1. The van der Waals surface area contributed by atoms with E-state index in [0.29, 0.717) is 11.6 Å². The van der Waals surface area contributed by atoms with Crippen molar-refractivity contribution in [2.24, 2.45) is 0 Å². The predicted molar refractivity (Wildman–Crippen MR) is 176 cm³/mol. The van der Waals surface area contributed by atoms with Gasteiger partial charge in [-0.15, -0.1) is 0 Å². The smallest absolute Gasteiger partial charge is 0.264 e. The molecule has 0 spiro atoms. The van der Waals surface area contributed by atoms with Crippen LogP contribution in [0.4, 0.5) is 5.69 Å². The van der Waals surface area contributed by atoms with E-state index in [4.69, 9.17) is 11.6 Å². The molecule has 230 valence electrons. The summed E-state index contributed by atoms with van der Waals surface area (Å²) in [5, 5.41) is 3.33. The van der Waals surface area contributed by atoms with Crippen molar-refractivity contribution in [1.82, 2.24) is 10.2 Å². The van der Waals surface area contributed by atoms with Crippen LogP contribution in [0.1, 0.15) is 35.6 Å². The minimum atomic E-state index is -4.18. The number of aryl methyl sites for hydroxylation is 2. The quantitative estimate of drug-likeness (QED) is 0.187. The Kier molecular flexibility index (Phi) is 11.2. The van der Waals surface area contributed by atoms with Crippen LogP contribution in [0.3, 0.4) is 0 Å². The standard InChI is InChI=1S/C35H38ClN3O4S/c1-4-20-37-35(41)33(22-28-13-7-5-8-14-28)38(24-29-15-11-12-26(2)21-29)34(40)25-39(30-19-18-27(3)32(36)23-30)44(42,43)31-16-9-6-10-17-31/h5-19,21,23,33H,4,20,22,24-25H2,1-3H3,(H,37,41). The fourth-order valence-electron chi connectivity index (χ4n) is 4.91. The molecule has 0 aliphatic rings. The number of carbonyl (C=O) groups excluding carboxylic acids is 2. The number of rotatable bonds is 13. The number of halogens is 1. The van der Waals surface area contributed by atoms with Crippen LogP contribution in [0.15, 0.2) is 108 Å². The first kappa shape index (κ1) is 32.8. The first-order chi connectivity index (χ1) is 21.1. The van der Waals surface area contributed by atoms with Gasteiger partial charge in [-0.1, -0.05) is 103 Å². The Balaban J connectivity index is 1.81. The Morgan fingerprint density at radius 1 is 0.841 bits per heavy atom. The third-order valence-corrected chi connectivity index (χ3v) is 9.50. The number of hydrogen-bond acceptors (Lipinski definition) is 4. The van der Waals surface area contributed by atoms with Gasteiger partial charge in [-0.2, -0.15) is 0 Å². The maximum absolute atomic E-state index is 14.5. The normalized spacial score (nSPS) is 11.9. The summed E-state index contributed by atoms with van der Waals surface area (Å²) in [4.78, 5) is 29.7. The maximum Gasteiger partial charge on any atom is 0.264 e. The van der Waals surface area contributed by atoms with Crippen molar-refractivity contribution < 1.29 is 18.0 Å². The Hall–Kier alpha value is -4.14. The van der Waals surface area contributed by atoms with Gasteiger partial charge in [-0.25, -0.2) is 8.42 Å². The molecule has 44 heavy (non-hydrogen) atoms.